The number of fused-ring (bicyclic) bond motifs is 10. The van der Waals surface area contributed by atoms with Gasteiger partial charge in [-0.3, -0.25) is 0 Å². The summed E-state index contributed by atoms with van der Waals surface area (Å²) in [5, 5.41) is 27.9. The topological polar surface area (TPSA) is 95.8 Å². The minimum atomic E-state index is 0.233. The summed E-state index contributed by atoms with van der Waals surface area (Å²) in [5.74, 6) is 4.87. The molecule has 0 unspecified atom stereocenters. The number of phenolic OH excluding ortho intramolecular Hbond substituents is 2. The number of thiophene rings is 2. The van der Waals surface area contributed by atoms with Crippen molar-refractivity contribution in [2.24, 2.45) is 0 Å². The Kier molecular flexibility index (Phi) is 8.36. The maximum atomic E-state index is 12.0. The summed E-state index contributed by atoms with van der Waals surface area (Å²) in [4.78, 5) is 1.92. The third kappa shape index (κ3) is 5.66. The lowest BCUT2D eigenvalue weighted by molar-refractivity contribution is 0.174. The fourth-order valence-corrected chi connectivity index (χ4v) is 9.46. The maximum absolute atomic E-state index is 12.0. The SMILES string of the molecule is COc1c2cccc1Cc1cc(-c3scc4c3OCCO4)cc(c1O)Cc1cccc(c1OC)Cc1cc(-c3scc4c3OCCO4)cc(c1O)C2. The lowest BCUT2D eigenvalue weighted by Crippen LogP contribution is -2.14. The van der Waals surface area contributed by atoms with Gasteiger partial charge in [-0.15, -0.1) is 22.7 Å². The number of hydrogen-bond acceptors (Lipinski definition) is 10. The monoisotopic (exact) mass is 732 g/mol. The van der Waals surface area contributed by atoms with Gasteiger partial charge in [0.05, 0.1) is 24.0 Å². The van der Waals surface area contributed by atoms with Crippen molar-refractivity contribution in [1.29, 1.82) is 0 Å². The zero-order valence-electron chi connectivity index (χ0n) is 28.7. The molecule has 6 aromatic rings. The zero-order valence-corrected chi connectivity index (χ0v) is 30.4. The van der Waals surface area contributed by atoms with Gasteiger partial charge in [-0.1, -0.05) is 36.4 Å². The highest BCUT2D eigenvalue weighted by Crippen LogP contribution is 2.49. The summed E-state index contributed by atoms with van der Waals surface area (Å²) >= 11 is 3.15. The van der Waals surface area contributed by atoms with E-state index in [1.807, 2.05) is 71.4 Å². The van der Waals surface area contributed by atoms with Crippen LogP contribution < -0.4 is 28.4 Å². The van der Waals surface area contributed by atoms with Crippen molar-refractivity contribution in [3.63, 3.8) is 0 Å². The molecule has 0 saturated heterocycles. The Hall–Kier alpha value is -5.32. The lowest BCUT2D eigenvalue weighted by Gasteiger charge is -2.21. The van der Waals surface area contributed by atoms with Crippen LogP contribution >= 0.6 is 22.7 Å². The van der Waals surface area contributed by atoms with Crippen LogP contribution in [0.25, 0.3) is 20.9 Å². The van der Waals surface area contributed by atoms with Crippen LogP contribution in [0.1, 0.15) is 44.5 Å². The second-order valence-corrected chi connectivity index (χ2v) is 14.9. The predicted molar refractivity (Wildman–Crippen MR) is 202 cm³/mol. The van der Waals surface area contributed by atoms with E-state index in [2.05, 4.69) is 0 Å². The number of methoxy groups -OCH3 is 2. The first kappa shape index (κ1) is 32.6. The first-order valence-electron chi connectivity index (χ1n) is 17.2. The molecule has 0 fully saturated rings. The Balaban J connectivity index is 1.24. The molecule has 264 valence electrons. The van der Waals surface area contributed by atoms with Crippen molar-refractivity contribution in [2.75, 3.05) is 40.6 Å². The van der Waals surface area contributed by atoms with Gasteiger partial charge in [0.2, 0.25) is 0 Å². The second-order valence-electron chi connectivity index (χ2n) is 13.1. The van der Waals surface area contributed by atoms with E-state index in [0.29, 0.717) is 52.1 Å². The smallest absolute Gasteiger partial charge is 0.179 e. The van der Waals surface area contributed by atoms with Crippen molar-refractivity contribution in [2.45, 2.75) is 25.7 Å². The average molecular weight is 733 g/mol. The maximum Gasteiger partial charge on any atom is 0.179 e. The molecule has 1 aliphatic carbocycles. The summed E-state index contributed by atoms with van der Waals surface area (Å²) in [6, 6.07) is 20.3. The van der Waals surface area contributed by atoms with Crippen LogP contribution in [0.4, 0.5) is 0 Å². The first-order chi connectivity index (χ1) is 25.5. The summed E-state index contributed by atoms with van der Waals surface area (Å²) in [6.45, 7) is 2.01. The molecule has 8 nitrogen and oxygen atoms in total. The van der Waals surface area contributed by atoms with Gasteiger partial charge in [-0.2, -0.15) is 0 Å². The third-order valence-electron chi connectivity index (χ3n) is 9.95. The normalized spacial score (nSPS) is 14.5. The van der Waals surface area contributed by atoms with Crippen LogP contribution in [0.5, 0.6) is 46.0 Å². The van der Waals surface area contributed by atoms with Crippen LogP contribution in [0.15, 0.2) is 71.4 Å². The Labute approximate surface area is 309 Å². The molecule has 4 aromatic carbocycles. The molecule has 0 radical (unpaired) electrons. The average Bonchev–Trinajstić information content (AvgIpc) is 3.80. The number of hydrogen-bond donors (Lipinski definition) is 2. The van der Waals surface area contributed by atoms with Gasteiger partial charge in [0.15, 0.2) is 23.0 Å². The minimum absolute atomic E-state index is 0.233. The van der Waals surface area contributed by atoms with Crippen LogP contribution in [0.3, 0.4) is 0 Å². The molecule has 0 saturated carbocycles. The van der Waals surface area contributed by atoms with Gasteiger partial charge < -0.3 is 38.6 Å². The molecule has 3 aliphatic rings. The van der Waals surface area contributed by atoms with Crippen LogP contribution in [-0.2, 0) is 25.7 Å². The molecule has 2 N–H and O–H groups in total. The third-order valence-corrected chi connectivity index (χ3v) is 11.9. The summed E-state index contributed by atoms with van der Waals surface area (Å²) < 4.78 is 36.2. The Bertz CT molecular complexity index is 2080. The highest BCUT2D eigenvalue weighted by atomic mass is 32.1. The minimum Gasteiger partial charge on any atom is -0.507 e. The number of phenols is 2. The molecule has 0 spiro atoms. The largest absolute Gasteiger partial charge is 0.507 e. The Morgan fingerprint density at radius 1 is 0.500 bits per heavy atom. The zero-order chi connectivity index (χ0) is 35.3. The predicted octanol–water partition coefficient (Wildman–Crippen LogP) is 8.79. The summed E-state index contributed by atoms with van der Waals surface area (Å²) in [5.41, 5.74) is 8.65. The Morgan fingerprint density at radius 2 is 0.846 bits per heavy atom. The summed E-state index contributed by atoms with van der Waals surface area (Å²) in [7, 11) is 3.35. The van der Waals surface area contributed by atoms with Crippen molar-refractivity contribution in [1.82, 2.24) is 0 Å². The quantitative estimate of drug-likeness (QED) is 0.186. The van der Waals surface area contributed by atoms with Gasteiger partial charge >= 0.3 is 0 Å². The number of rotatable bonds is 4. The summed E-state index contributed by atoms with van der Waals surface area (Å²) in [6.07, 6.45) is 1.67. The van der Waals surface area contributed by atoms with Gasteiger partial charge in [0.1, 0.15) is 49.4 Å². The molecular formula is C42H36O8S2. The van der Waals surface area contributed by atoms with Crippen molar-refractivity contribution >= 4 is 22.7 Å². The fourth-order valence-electron chi connectivity index (χ4n) is 7.62. The first-order valence-corrected chi connectivity index (χ1v) is 19.0. The standard InChI is InChI=1S/C42H36O8S2/c1-45-37-23-5-3-6-24(37)14-28-18-32(42-40-34(22-52-42)48-10-12-50-40)20-30(36(28)44)16-26-8-4-7-25(38(26)46-2)15-29-19-31(17-27(13-23)35(29)43)41-39-33(21-51-41)47-9-11-49-39/h3-8,17-22,43-44H,9-16H2,1-2H3. The second kappa shape index (κ2) is 13.3. The van der Waals surface area contributed by atoms with E-state index in [-0.39, 0.29) is 11.5 Å². The van der Waals surface area contributed by atoms with E-state index in [1.165, 1.54) is 0 Å². The molecule has 10 heteroatoms. The molecule has 0 amide bonds. The van der Waals surface area contributed by atoms with E-state index in [4.69, 9.17) is 28.4 Å². The van der Waals surface area contributed by atoms with Crippen molar-refractivity contribution in [3.8, 4) is 66.9 Å². The molecule has 4 heterocycles. The molecule has 2 aliphatic heterocycles. The van der Waals surface area contributed by atoms with Crippen LogP contribution in [0.2, 0.25) is 0 Å². The number of ether oxygens (including phenoxy) is 6. The molecule has 52 heavy (non-hydrogen) atoms. The fraction of sp³-hybridized carbons (Fsp3) is 0.238. The van der Waals surface area contributed by atoms with E-state index >= 15 is 0 Å². The van der Waals surface area contributed by atoms with Gasteiger partial charge in [-0.05, 0) is 79.9 Å². The number of para-hydroxylation sites is 2. The van der Waals surface area contributed by atoms with E-state index < -0.39 is 0 Å². The Morgan fingerprint density at radius 3 is 1.19 bits per heavy atom. The van der Waals surface area contributed by atoms with Crippen LogP contribution in [-0.4, -0.2) is 50.9 Å². The van der Waals surface area contributed by atoms with Gasteiger partial charge in [-0.25, -0.2) is 0 Å². The molecule has 8 bridgehead atoms. The van der Waals surface area contributed by atoms with E-state index in [1.54, 1.807) is 36.9 Å². The van der Waals surface area contributed by atoms with Crippen molar-refractivity contribution < 1.29 is 38.6 Å². The van der Waals surface area contributed by atoms with Gasteiger partial charge in [0.25, 0.3) is 0 Å². The van der Waals surface area contributed by atoms with E-state index in [9.17, 15) is 10.2 Å². The highest BCUT2D eigenvalue weighted by molar-refractivity contribution is 7.14. The lowest BCUT2D eigenvalue weighted by atomic mass is 9.89. The van der Waals surface area contributed by atoms with Crippen LogP contribution in [0, 0.1) is 0 Å². The molecule has 2 aromatic heterocycles. The highest BCUT2D eigenvalue weighted by Gasteiger charge is 2.26. The van der Waals surface area contributed by atoms with Gasteiger partial charge in [0, 0.05) is 36.4 Å². The van der Waals surface area contributed by atoms with Crippen molar-refractivity contribution in [3.05, 3.63) is 116 Å². The molecule has 9 rings (SSSR count). The number of benzene rings is 4. The number of aromatic hydroxyl groups is 2. The molecule has 0 atom stereocenters. The molecular weight excluding hydrogens is 697 g/mol. The van der Waals surface area contributed by atoms with E-state index in [0.717, 1.165) is 99.9 Å².